The summed E-state index contributed by atoms with van der Waals surface area (Å²) < 4.78 is 0. The van der Waals surface area contributed by atoms with Gasteiger partial charge in [-0.3, -0.25) is 5.32 Å². The van der Waals surface area contributed by atoms with E-state index >= 15 is 0 Å². The van der Waals surface area contributed by atoms with Gasteiger partial charge in [0.05, 0.1) is 6.04 Å². The van der Waals surface area contributed by atoms with Crippen LogP contribution in [0.4, 0.5) is 0 Å². The Balaban J connectivity index is 2.51. The summed E-state index contributed by atoms with van der Waals surface area (Å²) in [6.45, 7) is 4.91. The van der Waals surface area contributed by atoms with Crippen LogP contribution in [0.15, 0.2) is 24.3 Å². The molecule has 1 nitrogen and oxygen atoms in total. The predicted octanol–water partition coefficient (Wildman–Crippen LogP) is 2.11. The van der Waals surface area contributed by atoms with E-state index in [-0.39, 0.29) is 6.04 Å². The molecule has 0 bridgehead atoms. The van der Waals surface area contributed by atoms with Crippen LogP contribution < -0.4 is 5.32 Å². The normalized spacial score (nSPS) is 12.1. The zero-order valence-corrected chi connectivity index (χ0v) is 8.17. The summed E-state index contributed by atoms with van der Waals surface area (Å²) in [5.74, 6) is 2.64. The summed E-state index contributed by atoms with van der Waals surface area (Å²) in [4.78, 5) is 0. The molecule has 1 atom stereocenters. The maximum absolute atomic E-state index is 5.25. The van der Waals surface area contributed by atoms with E-state index in [0.29, 0.717) is 0 Å². The van der Waals surface area contributed by atoms with Gasteiger partial charge in [0.25, 0.3) is 0 Å². The van der Waals surface area contributed by atoms with Crippen LogP contribution in [0.25, 0.3) is 0 Å². The van der Waals surface area contributed by atoms with Crippen molar-refractivity contribution in [3.8, 4) is 12.3 Å². The molecule has 0 spiro atoms. The van der Waals surface area contributed by atoms with E-state index in [1.807, 2.05) is 6.92 Å². The van der Waals surface area contributed by atoms with Crippen LogP contribution >= 0.6 is 0 Å². The molecule has 0 aliphatic heterocycles. The molecular weight excluding hydrogens is 158 g/mol. The molecule has 68 valence electrons. The van der Waals surface area contributed by atoms with Gasteiger partial charge in [0.1, 0.15) is 0 Å². The van der Waals surface area contributed by atoms with E-state index in [0.717, 1.165) is 6.54 Å². The van der Waals surface area contributed by atoms with E-state index in [9.17, 15) is 0 Å². The first kappa shape index (κ1) is 9.83. The lowest BCUT2D eigenvalue weighted by molar-refractivity contribution is 0.648. The van der Waals surface area contributed by atoms with Gasteiger partial charge < -0.3 is 0 Å². The van der Waals surface area contributed by atoms with Gasteiger partial charge in [0.2, 0.25) is 0 Å². The minimum absolute atomic E-state index is 0.139. The first-order valence-corrected chi connectivity index (χ1v) is 4.47. The largest absolute Gasteiger partial charge is 0.300 e. The van der Waals surface area contributed by atoms with Crippen LogP contribution in [0.3, 0.4) is 0 Å². The highest BCUT2D eigenvalue weighted by Gasteiger charge is 1.96. The summed E-state index contributed by atoms with van der Waals surface area (Å²) in [6.07, 6.45) is 5.25. The first-order chi connectivity index (χ1) is 6.22. The van der Waals surface area contributed by atoms with Gasteiger partial charge in [0.15, 0.2) is 0 Å². The topological polar surface area (TPSA) is 12.0 Å². The van der Waals surface area contributed by atoms with Crippen molar-refractivity contribution in [2.75, 3.05) is 0 Å². The summed E-state index contributed by atoms with van der Waals surface area (Å²) in [7, 11) is 0. The fourth-order valence-corrected chi connectivity index (χ4v) is 1.15. The predicted molar refractivity (Wildman–Crippen MR) is 56.3 cm³/mol. The molecule has 0 aliphatic rings. The Morgan fingerprint density at radius 1 is 1.54 bits per heavy atom. The maximum atomic E-state index is 5.25. The van der Waals surface area contributed by atoms with Gasteiger partial charge in [-0.1, -0.05) is 35.7 Å². The highest BCUT2D eigenvalue weighted by molar-refractivity contribution is 5.22. The third-order valence-electron chi connectivity index (χ3n) is 1.94. The second kappa shape index (κ2) is 4.69. The zero-order chi connectivity index (χ0) is 9.68. The van der Waals surface area contributed by atoms with E-state index in [1.165, 1.54) is 11.1 Å². The number of rotatable bonds is 3. The van der Waals surface area contributed by atoms with Crippen molar-refractivity contribution in [2.45, 2.75) is 26.4 Å². The highest BCUT2D eigenvalue weighted by atomic mass is 14.9. The first-order valence-electron chi connectivity index (χ1n) is 4.47. The Kier molecular flexibility index (Phi) is 3.54. The third-order valence-corrected chi connectivity index (χ3v) is 1.94. The molecule has 1 aromatic rings. The van der Waals surface area contributed by atoms with Crippen molar-refractivity contribution >= 4 is 0 Å². The molecule has 1 N–H and O–H groups in total. The van der Waals surface area contributed by atoms with Crippen LogP contribution in [0.5, 0.6) is 0 Å². The van der Waals surface area contributed by atoms with E-state index in [4.69, 9.17) is 6.42 Å². The Morgan fingerprint density at radius 3 is 2.92 bits per heavy atom. The summed E-state index contributed by atoms with van der Waals surface area (Å²) >= 11 is 0. The quantitative estimate of drug-likeness (QED) is 0.690. The molecule has 0 saturated heterocycles. The number of hydrogen-bond donors (Lipinski definition) is 1. The number of benzene rings is 1. The minimum atomic E-state index is 0.139. The molecular formula is C12H15N. The lowest BCUT2D eigenvalue weighted by Crippen LogP contribution is -2.23. The van der Waals surface area contributed by atoms with E-state index < -0.39 is 0 Å². The summed E-state index contributed by atoms with van der Waals surface area (Å²) in [6, 6.07) is 8.56. The molecule has 1 rings (SSSR count). The van der Waals surface area contributed by atoms with Crippen LogP contribution in [-0.4, -0.2) is 6.04 Å². The highest BCUT2D eigenvalue weighted by Crippen LogP contribution is 2.03. The molecule has 0 radical (unpaired) electrons. The van der Waals surface area contributed by atoms with E-state index in [1.54, 1.807) is 0 Å². The Morgan fingerprint density at radius 2 is 2.31 bits per heavy atom. The average Bonchev–Trinajstić information content (AvgIpc) is 2.14. The van der Waals surface area contributed by atoms with Crippen molar-refractivity contribution < 1.29 is 0 Å². The van der Waals surface area contributed by atoms with Gasteiger partial charge >= 0.3 is 0 Å². The van der Waals surface area contributed by atoms with Crippen LogP contribution in [0, 0.1) is 19.3 Å². The number of aryl methyl sites for hydroxylation is 1. The number of terminal acetylenes is 1. The Bertz CT molecular complexity index is 309. The van der Waals surface area contributed by atoms with Crippen molar-refractivity contribution in [1.82, 2.24) is 5.32 Å². The fraction of sp³-hybridized carbons (Fsp3) is 0.333. The maximum Gasteiger partial charge on any atom is 0.0660 e. The molecule has 1 heteroatoms. The molecule has 0 heterocycles. The molecule has 0 amide bonds. The van der Waals surface area contributed by atoms with Crippen molar-refractivity contribution in [3.05, 3.63) is 35.4 Å². The standard InChI is InChI=1S/C12H15N/c1-4-11(3)13-9-12-7-5-6-10(2)8-12/h1,5-8,11,13H,9H2,2-3H3. The Labute approximate surface area is 80.2 Å². The van der Waals surface area contributed by atoms with Crippen LogP contribution in [-0.2, 0) is 6.54 Å². The van der Waals surface area contributed by atoms with Gasteiger partial charge in [-0.2, -0.15) is 0 Å². The molecule has 0 aliphatic carbocycles. The summed E-state index contributed by atoms with van der Waals surface area (Å²) in [5.41, 5.74) is 2.56. The van der Waals surface area contributed by atoms with Gasteiger partial charge in [-0.25, -0.2) is 0 Å². The van der Waals surface area contributed by atoms with Crippen LogP contribution in [0.2, 0.25) is 0 Å². The molecule has 1 aromatic carbocycles. The summed E-state index contributed by atoms with van der Waals surface area (Å²) in [5, 5.41) is 3.24. The SMILES string of the molecule is C#CC(C)NCc1cccc(C)c1. The molecule has 1 unspecified atom stereocenters. The third kappa shape index (κ3) is 3.31. The van der Waals surface area contributed by atoms with E-state index in [2.05, 4.69) is 42.4 Å². The van der Waals surface area contributed by atoms with Gasteiger partial charge in [0, 0.05) is 6.54 Å². The molecule has 0 fully saturated rings. The molecule has 0 saturated carbocycles. The van der Waals surface area contributed by atoms with Crippen molar-refractivity contribution in [2.24, 2.45) is 0 Å². The van der Waals surface area contributed by atoms with Crippen molar-refractivity contribution in [1.29, 1.82) is 0 Å². The van der Waals surface area contributed by atoms with Crippen molar-refractivity contribution in [3.63, 3.8) is 0 Å². The zero-order valence-electron chi connectivity index (χ0n) is 8.17. The van der Waals surface area contributed by atoms with Crippen LogP contribution in [0.1, 0.15) is 18.1 Å². The molecule has 13 heavy (non-hydrogen) atoms. The second-order valence-corrected chi connectivity index (χ2v) is 3.26. The minimum Gasteiger partial charge on any atom is -0.300 e. The smallest absolute Gasteiger partial charge is 0.0660 e. The van der Waals surface area contributed by atoms with Gasteiger partial charge in [-0.05, 0) is 19.4 Å². The number of nitrogens with one attached hydrogen (secondary N) is 1. The van der Waals surface area contributed by atoms with Gasteiger partial charge in [-0.15, -0.1) is 6.42 Å². The number of hydrogen-bond acceptors (Lipinski definition) is 1. The average molecular weight is 173 g/mol. The Hall–Kier alpha value is -1.26. The lowest BCUT2D eigenvalue weighted by atomic mass is 10.1. The molecule has 0 aromatic heterocycles. The lowest BCUT2D eigenvalue weighted by Gasteiger charge is -2.07. The second-order valence-electron chi connectivity index (χ2n) is 3.26. The monoisotopic (exact) mass is 173 g/mol. The fourth-order valence-electron chi connectivity index (χ4n) is 1.15.